The van der Waals surface area contributed by atoms with Gasteiger partial charge >= 0.3 is 0 Å². The Labute approximate surface area is 148 Å². The fourth-order valence-corrected chi connectivity index (χ4v) is 3.23. The smallest absolute Gasteiger partial charge is 0.273 e. The van der Waals surface area contributed by atoms with Gasteiger partial charge in [0.1, 0.15) is 6.54 Å². The van der Waals surface area contributed by atoms with Gasteiger partial charge in [-0.15, -0.1) is 0 Å². The Hall–Kier alpha value is -2.94. The van der Waals surface area contributed by atoms with Gasteiger partial charge in [-0.3, -0.25) is 29.2 Å². The summed E-state index contributed by atoms with van der Waals surface area (Å²) in [5, 5.41) is 5.90. The number of rotatable bonds is 5. The van der Waals surface area contributed by atoms with Gasteiger partial charge in [0.2, 0.25) is 11.8 Å². The molecule has 4 N–H and O–H groups in total. The van der Waals surface area contributed by atoms with E-state index in [1.54, 1.807) is 24.3 Å². The van der Waals surface area contributed by atoms with Crippen LogP contribution in [0.2, 0.25) is 0 Å². The van der Waals surface area contributed by atoms with E-state index < -0.39 is 11.1 Å². The quantitative estimate of drug-likeness (QED) is 0.614. The number of aromatic amines is 1. The van der Waals surface area contributed by atoms with Crippen molar-refractivity contribution in [1.29, 1.82) is 0 Å². The predicted molar refractivity (Wildman–Crippen MR) is 95.6 cm³/mol. The first-order valence-electron chi connectivity index (χ1n) is 8.46. The molecule has 2 amide bonds. The number of nitrogens with two attached hydrogens (primary N) is 1. The van der Waals surface area contributed by atoms with Crippen molar-refractivity contribution in [3.05, 3.63) is 45.0 Å². The maximum atomic E-state index is 12.4. The molecule has 0 spiro atoms. The van der Waals surface area contributed by atoms with Crippen molar-refractivity contribution in [3.63, 3.8) is 0 Å². The van der Waals surface area contributed by atoms with Gasteiger partial charge in [-0.25, -0.2) is 4.68 Å². The molecule has 2 heterocycles. The zero-order valence-electron chi connectivity index (χ0n) is 14.2. The molecule has 1 aromatic heterocycles. The summed E-state index contributed by atoms with van der Waals surface area (Å²) in [6.07, 6.45) is 1.39. The highest BCUT2D eigenvalue weighted by Crippen LogP contribution is 2.09. The maximum absolute atomic E-state index is 12.4. The van der Waals surface area contributed by atoms with Crippen LogP contribution >= 0.6 is 0 Å². The number of nitrogens with zero attached hydrogens (tertiary/aromatic N) is 2. The molecule has 1 aliphatic rings. The van der Waals surface area contributed by atoms with Gasteiger partial charge in [-0.1, -0.05) is 12.1 Å². The second-order valence-corrected chi connectivity index (χ2v) is 6.46. The lowest BCUT2D eigenvalue weighted by Crippen LogP contribution is -2.48. The van der Waals surface area contributed by atoms with Gasteiger partial charge in [-0.05, 0) is 25.0 Å². The van der Waals surface area contributed by atoms with E-state index in [1.165, 1.54) is 0 Å². The van der Waals surface area contributed by atoms with E-state index in [-0.39, 0.29) is 36.3 Å². The third kappa shape index (κ3) is 3.99. The molecule has 1 fully saturated rings. The summed E-state index contributed by atoms with van der Waals surface area (Å²) < 4.78 is 1.03. The zero-order valence-corrected chi connectivity index (χ0v) is 14.2. The van der Waals surface area contributed by atoms with Crippen molar-refractivity contribution in [2.24, 2.45) is 5.73 Å². The van der Waals surface area contributed by atoms with Crippen molar-refractivity contribution >= 4 is 22.6 Å². The summed E-state index contributed by atoms with van der Waals surface area (Å²) in [4.78, 5) is 49.6. The number of piperidine rings is 1. The molecular formula is C17H21N5O4. The Morgan fingerprint density at radius 2 is 1.77 bits per heavy atom. The van der Waals surface area contributed by atoms with Crippen LogP contribution in [-0.4, -0.2) is 52.2 Å². The molecule has 26 heavy (non-hydrogen) atoms. The first-order valence-corrected chi connectivity index (χ1v) is 8.46. The van der Waals surface area contributed by atoms with Crippen molar-refractivity contribution in [3.8, 4) is 0 Å². The first kappa shape index (κ1) is 17.9. The minimum absolute atomic E-state index is 0.0329. The molecular weight excluding hydrogens is 338 g/mol. The Morgan fingerprint density at radius 3 is 2.42 bits per heavy atom. The summed E-state index contributed by atoms with van der Waals surface area (Å²) in [6.45, 7) is 1.30. The second-order valence-electron chi connectivity index (χ2n) is 6.46. The Balaban J connectivity index is 1.64. The van der Waals surface area contributed by atoms with Gasteiger partial charge in [0.15, 0.2) is 0 Å². The average Bonchev–Trinajstić information content (AvgIpc) is 2.61. The molecule has 138 valence electrons. The van der Waals surface area contributed by atoms with Crippen LogP contribution in [0.3, 0.4) is 0 Å². The number of primary amides is 1. The summed E-state index contributed by atoms with van der Waals surface area (Å²) in [5.41, 5.74) is 4.36. The summed E-state index contributed by atoms with van der Waals surface area (Å²) >= 11 is 0. The highest BCUT2D eigenvalue weighted by atomic mass is 16.2. The number of H-pyrrole nitrogens is 1. The van der Waals surface area contributed by atoms with E-state index in [0.29, 0.717) is 31.3 Å². The highest BCUT2D eigenvalue weighted by Gasteiger charge is 2.21. The predicted octanol–water partition coefficient (Wildman–Crippen LogP) is -1.24. The molecule has 0 bridgehead atoms. The van der Waals surface area contributed by atoms with E-state index in [1.807, 2.05) is 4.90 Å². The monoisotopic (exact) mass is 359 g/mol. The largest absolute Gasteiger partial charge is 0.369 e. The summed E-state index contributed by atoms with van der Waals surface area (Å²) in [5.74, 6) is -0.710. The molecule has 1 saturated heterocycles. The van der Waals surface area contributed by atoms with Crippen LogP contribution in [0.1, 0.15) is 12.8 Å². The number of carbonyl (C=O) groups excluding carboxylic acids is 2. The molecule has 0 aliphatic carbocycles. The van der Waals surface area contributed by atoms with Gasteiger partial charge in [-0.2, -0.15) is 0 Å². The van der Waals surface area contributed by atoms with Gasteiger partial charge in [0.25, 0.3) is 11.1 Å². The average molecular weight is 359 g/mol. The standard InChI is InChI=1S/C17H21N5O4/c18-14(23)9-21-7-5-11(6-8-21)19-15(24)10-22-17(26)13-4-2-1-3-12(13)16(25)20-22/h1-4,11H,5-10H2,(H2,18,23)(H,19,24)(H,20,25). The molecule has 0 saturated carbocycles. The fraction of sp³-hybridized carbons (Fsp3) is 0.412. The number of benzene rings is 1. The van der Waals surface area contributed by atoms with Crippen LogP contribution in [0.15, 0.2) is 33.9 Å². The van der Waals surface area contributed by atoms with E-state index in [4.69, 9.17) is 5.73 Å². The van der Waals surface area contributed by atoms with E-state index in [0.717, 1.165) is 4.68 Å². The van der Waals surface area contributed by atoms with Crippen LogP contribution in [0.4, 0.5) is 0 Å². The number of amides is 2. The first-order chi connectivity index (χ1) is 12.4. The SMILES string of the molecule is NC(=O)CN1CCC(NC(=O)Cn2[nH]c(=O)c3ccccc3c2=O)CC1. The van der Waals surface area contributed by atoms with Crippen LogP contribution in [0.25, 0.3) is 10.8 Å². The Kier molecular flexibility index (Phi) is 5.17. The van der Waals surface area contributed by atoms with Crippen molar-refractivity contribution in [1.82, 2.24) is 20.0 Å². The molecule has 2 aromatic rings. The van der Waals surface area contributed by atoms with Crippen LogP contribution < -0.4 is 22.2 Å². The molecule has 9 nitrogen and oxygen atoms in total. The number of likely N-dealkylation sites (tertiary alicyclic amines) is 1. The lowest BCUT2D eigenvalue weighted by Gasteiger charge is -2.31. The molecule has 0 radical (unpaired) electrons. The number of hydrogen-bond acceptors (Lipinski definition) is 5. The second kappa shape index (κ2) is 7.52. The van der Waals surface area contributed by atoms with E-state index in [2.05, 4.69) is 10.4 Å². The maximum Gasteiger partial charge on any atom is 0.273 e. The Bertz CT molecular complexity index is 940. The molecule has 1 aliphatic heterocycles. The van der Waals surface area contributed by atoms with Crippen molar-refractivity contribution in [2.45, 2.75) is 25.4 Å². The van der Waals surface area contributed by atoms with Gasteiger partial charge in [0, 0.05) is 19.1 Å². The minimum atomic E-state index is -0.411. The number of carbonyl (C=O) groups is 2. The number of hydrogen-bond donors (Lipinski definition) is 3. The van der Waals surface area contributed by atoms with E-state index in [9.17, 15) is 19.2 Å². The Morgan fingerprint density at radius 1 is 1.12 bits per heavy atom. The van der Waals surface area contributed by atoms with Gasteiger partial charge < -0.3 is 11.1 Å². The lowest BCUT2D eigenvalue weighted by molar-refractivity contribution is -0.123. The van der Waals surface area contributed by atoms with Crippen molar-refractivity contribution < 1.29 is 9.59 Å². The topological polar surface area (TPSA) is 130 Å². The van der Waals surface area contributed by atoms with Crippen LogP contribution in [-0.2, 0) is 16.1 Å². The summed E-state index contributed by atoms with van der Waals surface area (Å²) in [6, 6.07) is 6.45. The number of nitrogens with one attached hydrogen (secondary N) is 2. The minimum Gasteiger partial charge on any atom is -0.369 e. The third-order valence-corrected chi connectivity index (χ3v) is 4.52. The highest BCUT2D eigenvalue weighted by molar-refractivity contribution is 5.81. The molecule has 0 unspecified atom stereocenters. The van der Waals surface area contributed by atoms with Gasteiger partial charge in [0.05, 0.1) is 17.3 Å². The van der Waals surface area contributed by atoms with Crippen LogP contribution in [0.5, 0.6) is 0 Å². The molecule has 3 rings (SSSR count). The summed E-state index contributed by atoms with van der Waals surface area (Å²) in [7, 11) is 0. The molecule has 0 atom stereocenters. The van der Waals surface area contributed by atoms with Crippen molar-refractivity contribution in [2.75, 3.05) is 19.6 Å². The molecule has 1 aromatic carbocycles. The van der Waals surface area contributed by atoms with E-state index >= 15 is 0 Å². The molecule has 9 heteroatoms. The fourth-order valence-electron chi connectivity index (χ4n) is 3.23. The zero-order chi connectivity index (χ0) is 18.7. The van der Waals surface area contributed by atoms with Crippen LogP contribution in [0, 0.1) is 0 Å². The number of fused-ring (bicyclic) bond motifs is 1. The number of aromatic nitrogens is 2. The lowest BCUT2D eigenvalue weighted by atomic mass is 10.1. The normalized spacial score (nSPS) is 15.8. The third-order valence-electron chi connectivity index (χ3n) is 4.52.